The van der Waals surface area contributed by atoms with E-state index in [0.717, 1.165) is 63.1 Å². The molecule has 24 heavy (non-hydrogen) atoms. The average molecular weight is 335 g/mol. The maximum atomic E-state index is 5.43. The van der Waals surface area contributed by atoms with Crippen molar-refractivity contribution in [2.24, 2.45) is 4.99 Å². The predicted molar refractivity (Wildman–Crippen MR) is 96.1 cm³/mol. The highest BCUT2D eigenvalue weighted by Gasteiger charge is 2.21. The van der Waals surface area contributed by atoms with Crippen LogP contribution >= 0.6 is 0 Å². The molecule has 0 atom stereocenters. The maximum absolute atomic E-state index is 5.43. The van der Waals surface area contributed by atoms with Crippen LogP contribution in [-0.2, 0) is 17.7 Å². The minimum Gasteiger partial charge on any atom is -0.493 e. The molecular weight excluding hydrogens is 306 g/mol. The van der Waals surface area contributed by atoms with Crippen molar-refractivity contribution < 1.29 is 14.2 Å². The van der Waals surface area contributed by atoms with Crippen LogP contribution in [0, 0.1) is 0 Å². The number of hydrogen-bond donors (Lipinski definition) is 1. The van der Waals surface area contributed by atoms with Gasteiger partial charge in [-0.05, 0) is 43.0 Å². The van der Waals surface area contributed by atoms with Gasteiger partial charge < -0.3 is 24.4 Å². The number of hydrogen-bond acceptors (Lipinski definition) is 4. The van der Waals surface area contributed by atoms with Crippen LogP contribution in [0.5, 0.6) is 11.5 Å². The molecule has 6 heteroatoms. The van der Waals surface area contributed by atoms with Gasteiger partial charge in [0.05, 0.1) is 14.2 Å². The molecule has 0 saturated heterocycles. The molecule has 1 aromatic carbocycles. The minimum absolute atomic E-state index is 0.739. The van der Waals surface area contributed by atoms with Crippen LogP contribution in [0.25, 0.3) is 0 Å². The fourth-order valence-electron chi connectivity index (χ4n) is 2.88. The number of ether oxygens (including phenoxy) is 3. The summed E-state index contributed by atoms with van der Waals surface area (Å²) in [5.41, 5.74) is 2.58. The largest absolute Gasteiger partial charge is 0.493 e. The molecule has 1 aromatic rings. The highest BCUT2D eigenvalue weighted by Crippen LogP contribution is 2.33. The fraction of sp³-hybridized carbons (Fsp3) is 0.611. The second-order valence-electron chi connectivity index (χ2n) is 5.73. The lowest BCUT2D eigenvalue weighted by Gasteiger charge is -2.32. The van der Waals surface area contributed by atoms with Crippen molar-refractivity contribution in [2.45, 2.75) is 26.3 Å². The molecule has 2 rings (SSSR count). The van der Waals surface area contributed by atoms with Gasteiger partial charge in [0.25, 0.3) is 0 Å². The predicted octanol–water partition coefficient (Wildman–Crippen LogP) is 2.06. The maximum Gasteiger partial charge on any atom is 0.194 e. The zero-order chi connectivity index (χ0) is 17.4. The molecule has 0 radical (unpaired) electrons. The molecule has 0 fully saturated rings. The minimum atomic E-state index is 0.739. The SMILES string of the molecule is CCNC(=NCCCOC)N1CCc2cc(OC)c(OC)cc2C1. The van der Waals surface area contributed by atoms with E-state index in [-0.39, 0.29) is 0 Å². The van der Waals surface area contributed by atoms with Crippen LogP contribution in [0.3, 0.4) is 0 Å². The van der Waals surface area contributed by atoms with E-state index in [4.69, 9.17) is 19.2 Å². The molecule has 0 amide bonds. The van der Waals surface area contributed by atoms with E-state index in [2.05, 4.69) is 29.3 Å². The number of methoxy groups -OCH3 is 3. The first kappa shape index (κ1) is 18.4. The van der Waals surface area contributed by atoms with Crippen molar-refractivity contribution in [1.29, 1.82) is 0 Å². The molecule has 0 aromatic heterocycles. The van der Waals surface area contributed by atoms with Gasteiger partial charge in [0.15, 0.2) is 17.5 Å². The molecule has 1 heterocycles. The van der Waals surface area contributed by atoms with Gasteiger partial charge in [0.2, 0.25) is 0 Å². The average Bonchev–Trinajstić information content (AvgIpc) is 2.62. The Kier molecular flexibility index (Phi) is 7.18. The Balaban J connectivity index is 2.13. The van der Waals surface area contributed by atoms with E-state index in [0.29, 0.717) is 0 Å². The Morgan fingerprint density at radius 2 is 1.88 bits per heavy atom. The number of rotatable bonds is 7. The molecule has 1 aliphatic rings. The van der Waals surface area contributed by atoms with Gasteiger partial charge in [-0.15, -0.1) is 0 Å². The van der Waals surface area contributed by atoms with E-state index < -0.39 is 0 Å². The third kappa shape index (κ3) is 4.54. The summed E-state index contributed by atoms with van der Waals surface area (Å²) < 4.78 is 15.9. The van der Waals surface area contributed by atoms with Crippen LogP contribution in [0.15, 0.2) is 17.1 Å². The lowest BCUT2D eigenvalue weighted by atomic mass is 9.99. The van der Waals surface area contributed by atoms with Crippen molar-refractivity contribution in [3.8, 4) is 11.5 Å². The van der Waals surface area contributed by atoms with Gasteiger partial charge in [-0.3, -0.25) is 4.99 Å². The van der Waals surface area contributed by atoms with Crippen LogP contribution in [0.2, 0.25) is 0 Å². The van der Waals surface area contributed by atoms with Gasteiger partial charge in [-0.1, -0.05) is 0 Å². The first-order valence-electron chi connectivity index (χ1n) is 8.49. The van der Waals surface area contributed by atoms with Crippen LogP contribution in [0.1, 0.15) is 24.5 Å². The zero-order valence-electron chi connectivity index (χ0n) is 15.2. The number of fused-ring (bicyclic) bond motifs is 1. The van der Waals surface area contributed by atoms with Crippen molar-refractivity contribution in [2.75, 3.05) is 47.6 Å². The molecule has 1 aliphatic heterocycles. The fourth-order valence-corrected chi connectivity index (χ4v) is 2.88. The Morgan fingerprint density at radius 1 is 1.17 bits per heavy atom. The summed E-state index contributed by atoms with van der Waals surface area (Å²) in [7, 11) is 5.07. The van der Waals surface area contributed by atoms with E-state index in [1.807, 2.05) is 0 Å². The normalized spacial score (nSPS) is 14.3. The number of nitrogens with one attached hydrogen (secondary N) is 1. The summed E-state index contributed by atoms with van der Waals surface area (Å²) in [6.45, 7) is 6.23. The second-order valence-corrected chi connectivity index (χ2v) is 5.73. The second kappa shape index (κ2) is 9.37. The van der Waals surface area contributed by atoms with E-state index >= 15 is 0 Å². The molecule has 0 aliphatic carbocycles. The molecule has 1 N–H and O–H groups in total. The number of nitrogens with zero attached hydrogens (tertiary/aromatic N) is 2. The lowest BCUT2D eigenvalue weighted by molar-refractivity contribution is 0.196. The van der Waals surface area contributed by atoms with Gasteiger partial charge >= 0.3 is 0 Å². The van der Waals surface area contributed by atoms with Crippen LogP contribution in [0.4, 0.5) is 0 Å². The number of benzene rings is 1. The highest BCUT2D eigenvalue weighted by atomic mass is 16.5. The zero-order valence-corrected chi connectivity index (χ0v) is 15.2. The highest BCUT2D eigenvalue weighted by molar-refractivity contribution is 5.80. The van der Waals surface area contributed by atoms with Crippen molar-refractivity contribution >= 4 is 5.96 Å². The monoisotopic (exact) mass is 335 g/mol. The Hall–Kier alpha value is -1.95. The molecule has 0 unspecified atom stereocenters. The molecule has 134 valence electrons. The molecule has 0 saturated carbocycles. The molecule has 0 bridgehead atoms. The van der Waals surface area contributed by atoms with Gasteiger partial charge in [0.1, 0.15) is 0 Å². The number of guanidine groups is 1. The van der Waals surface area contributed by atoms with Crippen molar-refractivity contribution in [3.63, 3.8) is 0 Å². The Morgan fingerprint density at radius 3 is 2.50 bits per heavy atom. The van der Waals surface area contributed by atoms with Gasteiger partial charge in [0, 0.05) is 39.9 Å². The summed E-state index contributed by atoms with van der Waals surface area (Å²) in [6, 6.07) is 4.17. The summed E-state index contributed by atoms with van der Waals surface area (Å²) in [6.07, 6.45) is 1.90. The number of aliphatic imine (C=N–C) groups is 1. The van der Waals surface area contributed by atoms with E-state index in [1.54, 1.807) is 21.3 Å². The Bertz CT molecular complexity index is 561. The molecular formula is C18H29N3O3. The molecule has 0 spiro atoms. The lowest BCUT2D eigenvalue weighted by Crippen LogP contribution is -2.44. The molecule has 6 nitrogen and oxygen atoms in total. The summed E-state index contributed by atoms with van der Waals surface area (Å²) in [5, 5.41) is 3.39. The topological polar surface area (TPSA) is 55.3 Å². The van der Waals surface area contributed by atoms with E-state index in [9.17, 15) is 0 Å². The van der Waals surface area contributed by atoms with Gasteiger partial charge in [-0.2, -0.15) is 0 Å². The third-order valence-corrected chi connectivity index (χ3v) is 4.12. The standard InChI is InChI=1S/C18H29N3O3/c1-5-19-18(20-8-6-10-22-2)21-9-7-14-11-16(23-3)17(24-4)12-15(14)13-21/h11-12H,5-10,13H2,1-4H3,(H,19,20). The first-order chi connectivity index (χ1) is 11.7. The van der Waals surface area contributed by atoms with Gasteiger partial charge in [-0.25, -0.2) is 0 Å². The summed E-state index contributed by atoms with van der Waals surface area (Å²) >= 11 is 0. The first-order valence-corrected chi connectivity index (χ1v) is 8.49. The van der Waals surface area contributed by atoms with Crippen LogP contribution in [-0.4, -0.2) is 58.4 Å². The Labute approximate surface area is 144 Å². The summed E-state index contributed by atoms with van der Waals surface area (Å²) in [4.78, 5) is 7.02. The van der Waals surface area contributed by atoms with E-state index in [1.165, 1.54) is 11.1 Å². The van der Waals surface area contributed by atoms with Crippen molar-refractivity contribution in [1.82, 2.24) is 10.2 Å². The quantitative estimate of drug-likeness (QED) is 0.470. The van der Waals surface area contributed by atoms with Crippen molar-refractivity contribution in [3.05, 3.63) is 23.3 Å². The summed E-state index contributed by atoms with van der Waals surface area (Å²) in [5.74, 6) is 2.54. The third-order valence-electron chi connectivity index (χ3n) is 4.12. The smallest absolute Gasteiger partial charge is 0.194 e. The van der Waals surface area contributed by atoms with Crippen LogP contribution < -0.4 is 14.8 Å².